The number of carbonyl (C=O) groups is 8. The fraction of sp³-hybridized carbons (Fsp3) is 0.435. The number of para-hydroxylation sites is 1. The van der Waals surface area contributed by atoms with Crippen molar-refractivity contribution in [2.75, 3.05) is 83.9 Å². The van der Waals surface area contributed by atoms with Gasteiger partial charge in [0.2, 0.25) is 17.7 Å². The summed E-state index contributed by atoms with van der Waals surface area (Å²) in [7, 11) is 4.62. The number of Topliss-reactive ketones (excluding diaryl/α,β-unsaturated/α-hetero) is 2. The van der Waals surface area contributed by atoms with Crippen molar-refractivity contribution in [3.05, 3.63) is 166 Å². The molecular weight excluding hydrogens is 1420 g/mol. The summed E-state index contributed by atoms with van der Waals surface area (Å²) in [5, 5.41) is 26.9. The maximum atomic E-state index is 14.5. The molecule has 584 valence electrons. The zero-order valence-corrected chi connectivity index (χ0v) is 64.1. The first-order valence-corrected chi connectivity index (χ1v) is 38.2. The van der Waals surface area contributed by atoms with Gasteiger partial charge in [-0.2, -0.15) is 0 Å². The summed E-state index contributed by atoms with van der Waals surface area (Å²) < 4.78 is 48.6. The maximum absolute atomic E-state index is 14.5. The number of benzene rings is 6. The minimum Gasteiger partial charge on any atom is -0.497 e. The van der Waals surface area contributed by atoms with Crippen molar-refractivity contribution in [3.8, 4) is 51.3 Å². The number of methoxy groups -OCH3 is 3. The minimum atomic E-state index is -1.47. The number of anilines is 2. The summed E-state index contributed by atoms with van der Waals surface area (Å²) in [6.07, 6.45) is 4.25. The molecular formula is C85H97N9O17. The van der Waals surface area contributed by atoms with Crippen molar-refractivity contribution in [3.63, 3.8) is 0 Å². The molecule has 6 aliphatic rings. The summed E-state index contributed by atoms with van der Waals surface area (Å²) in [6.45, 7) is 10.5. The Labute approximate surface area is 645 Å². The Balaban J connectivity index is 0.542. The lowest BCUT2D eigenvalue weighted by atomic mass is 9.89. The number of aryl methyl sites for hydroxylation is 1. The van der Waals surface area contributed by atoms with Crippen LogP contribution in [0.1, 0.15) is 147 Å². The molecule has 6 amide bonds. The van der Waals surface area contributed by atoms with E-state index in [0.717, 1.165) is 81.1 Å². The second-order valence-corrected chi connectivity index (χ2v) is 30.0. The highest BCUT2D eigenvalue weighted by atomic mass is 16.6. The van der Waals surface area contributed by atoms with Crippen LogP contribution in [-0.2, 0) is 64.2 Å². The Hall–Kier alpha value is -11.0. The van der Waals surface area contributed by atoms with Gasteiger partial charge in [-0.05, 0) is 140 Å². The van der Waals surface area contributed by atoms with Gasteiger partial charge >= 0.3 is 6.09 Å². The molecule has 1 spiro atoms. The van der Waals surface area contributed by atoms with Crippen LogP contribution in [0.15, 0.2) is 128 Å². The quantitative estimate of drug-likeness (QED) is 0.0330. The predicted octanol–water partition coefficient (Wildman–Crippen LogP) is 11.1. The molecule has 5 atom stereocenters. The van der Waals surface area contributed by atoms with E-state index >= 15 is 0 Å². The molecule has 13 rings (SSSR count). The van der Waals surface area contributed by atoms with Crippen LogP contribution >= 0.6 is 0 Å². The fourth-order valence-corrected chi connectivity index (χ4v) is 15.4. The Morgan fingerprint density at radius 2 is 1.39 bits per heavy atom. The van der Waals surface area contributed by atoms with Crippen LogP contribution in [0.2, 0.25) is 0 Å². The van der Waals surface area contributed by atoms with Gasteiger partial charge in [0.05, 0.1) is 95.6 Å². The van der Waals surface area contributed by atoms with Gasteiger partial charge in [-0.25, -0.2) is 14.4 Å². The average Bonchev–Trinajstić information content (AvgIpc) is 1.56. The Morgan fingerprint density at radius 1 is 0.694 bits per heavy atom. The Kier molecular flexibility index (Phi) is 24.3. The van der Waals surface area contributed by atoms with Crippen LogP contribution in [0.25, 0.3) is 28.1 Å². The van der Waals surface area contributed by atoms with Crippen molar-refractivity contribution in [2.45, 2.75) is 149 Å². The number of aliphatic hydroxyl groups is 1. The molecule has 6 heterocycles. The highest BCUT2D eigenvalue weighted by Crippen LogP contribution is 2.57. The third kappa shape index (κ3) is 17.5. The average molecular weight is 1520 g/mol. The lowest BCUT2D eigenvalue weighted by Crippen LogP contribution is -2.50. The number of amides is 6. The van der Waals surface area contributed by atoms with Crippen LogP contribution < -0.4 is 44.1 Å². The molecule has 1 unspecified atom stereocenters. The number of rotatable bonds is 32. The molecule has 6 aromatic carbocycles. The highest BCUT2D eigenvalue weighted by molar-refractivity contribution is 6.07. The smallest absolute Gasteiger partial charge is 0.416 e. The van der Waals surface area contributed by atoms with Crippen LogP contribution in [-0.4, -0.2) is 176 Å². The first-order valence-electron chi connectivity index (χ1n) is 38.2. The van der Waals surface area contributed by atoms with Crippen LogP contribution in [0.5, 0.6) is 28.7 Å². The molecule has 26 nitrogen and oxygen atoms in total. The lowest BCUT2D eigenvalue weighted by molar-refractivity contribution is -0.134. The van der Waals surface area contributed by atoms with E-state index in [4.69, 9.17) is 37.9 Å². The molecule has 1 aliphatic carbocycles. The van der Waals surface area contributed by atoms with Gasteiger partial charge in [0.15, 0.2) is 40.8 Å². The minimum absolute atomic E-state index is 0.00900. The number of aliphatic hydroxyl groups excluding tert-OH is 1. The number of nitrogens with zero attached hydrogens (tertiary/aromatic N) is 7. The first-order chi connectivity index (χ1) is 53.6. The van der Waals surface area contributed by atoms with E-state index in [1.807, 2.05) is 122 Å². The van der Waals surface area contributed by atoms with E-state index in [0.29, 0.717) is 66.2 Å². The van der Waals surface area contributed by atoms with E-state index < -0.39 is 36.2 Å². The molecule has 26 heteroatoms. The summed E-state index contributed by atoms with van der Waals surface area (Å²) in [6, 6.07) is 35.4. The van der Waals surface area contributed by atoms with Gasteiger partial charge in [-0.1, -0.05) is 97.9 Å². The zero-order chi connectivity index (χ0) is 78.2. The lowest BCUT2D eigenvalue weighted by Gasteiger charge is -2.31. The van der Waals surface area contributed by atoms with Gasteiger partial charge in [0.25, 0.3) is 11.8 Å². The number of ether oxygens (including phenoxy) is 8. The number of aromatic nitrogens is 3. The van der Waals surface area contributed by atoms with Crippen molar-refractivity contribution < 1.29 is 81.4 Å². The first kappa shape index (κ1) is 78.2. The topological polar surface area (TPSA) is 298 Å². The summed E-state index contributed by atoms with van der Waals surface area (Å²) in [5.41, 5.74) is 9.80. The summed E-state index contributed by atoms with van der Waals surface area (Å²) in [4.78, 5) is 117. The molecule has 111 heavy (non-hydrogen) atoms. The number of hydrogen-bond donors (Lipinski definition) is 3. The molecule has 1 saturated carbocycles. The van der Waals surface area contributed by atoms with Crippen LogP contribution in [0.3, 0.4) is 0 Å². The monoisotopic (exact) mass is 1520 g/mol. The Bertz CT molecular complexity index is 4670. The number of hydrogen-bond acceptors (Lipinski definition) is 19. The van der Waals surface area contributed by atoms with Crippen molar-refractivity contribution in [1.82, 2.24) is 35.4 Å². The zero-order valence-electron chi connectivity index (χ0n) is 64.1. The van der Waals surface area contributed by atoms with Gasteiger partial charge in [0.1, 0.15) is 24.7 Å². The molecule has 0 radical (unpaired) electrons. The molecule has 5 aliphatic heterocycles. The van der Waals surface area contributed by atoms with Crippen molar-refractivity contribution in [1.29, 1.82) is 0 Å². The summed E-state index contributed by atoms with van der Waals surface area (Å²) in [5.74, 6) is -0.813. The molecule has 2 fully saturated rings. The van der Waals surface area contributed by atoms with Gasteiger partial charge in [0, 0.05) is 92.2 Å². The van der Waals surface area contributed by atoms with Gasteiger partial charge in [-0.15, -0.1) is 5.10 Å². The number of fused-ring (bicyclic) bond motifs is 9. The molecule has 1 aromatic heterocycles. The molecule has 3 N–H and O–H groups in total. The van der Waals surface area contributed by atoms with Gasteiger partial charge in [-0.3, -0.25) is 33.6 Å². The van der Waals surface area contributed by atoms with Crippen LogP contribution in [0, 0.1) is 17.3 Å². The fourth-order valence-electron chi connectivity index (χ4n) is 15.4. The molecule has 1 saturated heterocycles. The maximum Gasteiger partial charge on any atom is 0.416 e. The van der Waals surface area contributed by atoms with Crippen molar-refractivity contribution >= 4 is 64.1 Å². The molecule has 7 aromatic rings. The second kappa shape index (κ2) is 34.5. The number of nitrogens with one attached hydrogen (secondary N) is 2. The molecule has 0 bridgehead atoms. The highest BCUT2D eigenvalue weighted by Gasteiger charge is 2.58. The van der Waals surface area contributed by atoms with Gasteiger partial charge < -0.3 is 68.3 Å². The van der Waals surface area contributed by atoms with E-state index in [-0.39, 0.29) is 160 Å². The van der Waals surface area contributed by atoms with E-state index in [1.165, 1.54) is 26.4 Å². The van der Waals surface area contributed by atoms with E-state index in [2.05, 4.69) is 20.9 Å². The van der Waals surface area contributed by atoms with Crippen molar-refractivity contribution in [2.24, 2.45) is 17.3 Å². The number of carbonyl (C=O) groups excluding carboxylic acids is 8. The Morgan fingerprint density at radius 3 is 2.10 bits per heavy atom. The predicted molar refractivity (Wildman–Crippen MR) is 412 cm³/mol. The largest absolute Gasteiger partial charge is 0.497 e. The third-order valence-corrected chi connectivity index (χ3v) is 21.9. The SMILES string of the molecule is COc1ccc(C2=CN3C(=O)c4cc(OC)c(OCCCOc5cc6c(cc5OC)C(=O)N5CC7(CC7)C[C@H]5C(O)N6C(=O)OCc5ccc(CC(=O)[C@H](C)NC(=O)[C@@H](CC(=O)COCCOCCNC(=O)CCC(=O)N6Cc7ccccc7-c7nnn(C(C)C)c7-c7ccccc76)C(C)C)cc5)cc4CC[C@@H]3C2)cc1. The van der Waals surface area contributed by atoms with E-state index in [9.17, 15) is 43.5 Å². The normalized spacial score (nSPS) is 17.6. The summed E-state index contributed by atoms with van der Waals surface area (Å²) >= 11 is 0. The number of ketones is 2. The van der Waals surface area contributed by atoms with E-state index in [1.54, 1.807) is 54.2 Å². The standard InChI is InChI=1S/C85H97N9O17/c1-51(2)65(41-61(95)49-108-37-36-107-35-32-86-76(97)28-29-77(98)91-46-58-14-9-10-15-63(58)78-79(94(52(3)4)89-88-78)64-16-11-12-17-68(64)91)80(99)87-53(5)71(96)38-54-18-20-55(21-19-54)48-111-84(103)93-69-44-75(73(106-8)43-67(69)82(101)92-50-85(30-31-85)45-70(92)83(93)102)110-34-13-33-109-74-40-57-22-25-60-39-59(56-23-26-62(104-6)27-24-56)47-90(60)81(100)66(57)42-72(74)105-7/h9-12,14-21,23-24,26-27,40,42-44,47,51-53,60,65,70,83,102H,13,22,25,28-39,41,45-46,48-50H2,1-8H3,(H,86,97)(H,87,99)/t53-,60+,65-,70-,83?/m0/s1. The second-order valence-electron chi connectivity index (χ2n) is 30.0. The third-order valence-electron chi connectivity index (χ3n) is 21.9. The van der Waals surface area contributed by atoms with Crippen LogP contribution in [0.4, 0.5) is 16.2 Å².